The van der Waals surface area contributed by atoms with Gasteiger partial charge in [0.05, 0.1) is 13.3 Å². The molecule has 0 aliphatic heterocycles. The van der Waals surface area contributed by atoms with Gasteiger partial charge in [-0.05, 0) is 12.1 Å². The van der Waals surface area contributed by atoms with E-state index in [1.165, 1.54) is 11.3 Å². The van der Waals surface area contributed by atoms with Crippen LogP contribution in [0.2, 0.25) is 0 Å². The minimum absolute atomic E-state index is 0.730. The molecule has 0 aromatic carbocycles. The van der Waals surface area contributed by atoms with Crippen molar-refractivity contribution in [2.24, 2.45) is 0 Å². The first-order valence-electron chi connectivity index (χ1n) is 5.47. The van der Waals surface area contributed by atoms with Crippen LogP contribution in [0.5, 0.6) is 5.75 Å². The summed E-state index contributed by atoms with van der Waals surface area (Å²) in [6.07, 6.45) is 3.44. The minimum Gasteiger partial charge on any atom is -0.495 e. The van der Waals surface area contributed by atoms with Crippen molar-refractivity contribution in [2.45, 2.75) is 0 Å². The summed E-state index contributed by atoms with van der Waals surface area (Å²) in [6.45, 7) is 0. The molecule has 3 heterocycles. The second-order valence-electron chi connectivity index (χ2n) is 3.58. The van der Waals surface area contributed by atoms with Gasteiger partial charge in [-0.3, -0.25) is 0 Å². The first kappa shape index (κ1) is 12.1. The normalized spacial score (nSPS) is 10.4. The average Bonchev–Trinajstić information content (AvgIpc) is 3.10. The number of pyridine rings is 1. The van der Waals surface area contributed by atoms with Crippen molar-refractivity contribution in [3.8, 4) is 16.5 Å². The fraction of sp³-hybridized carbons (Fsp3) is 0.0833. The molecule has 7 heteroatoms. The van der Waals surface area contributed by atoms with E-state index in [-0.39, 0.29) is 0 Å². The van der Waals surface area contributed by atoms with E-state index in [2.05, 4.69) is 20.3 Å². The molecule has 0 unspecified atom stereocenters. The molecule has 19 heavy (non-hydrogen) atoms. The van der Waals surface area contributed by atoms with Crippen molar-refractivity contribution < 1.29 is 4.74 Å². The van der Waals surface area contributed by atoms with Crippen LogP contribution in [0.1, 0.15) is 0 Å². The molecular formula is C12H10N4OS2. The molecule has 0 fully saturated rings. The molecule has 0 amide bonds. The number of ether oxygens (including phenoxy) is 1. The first-order valence-corrected chi connectivity index (χ1v) is 7.23. The third-order valence-electron chi connectivity index (χ3n) is 2.36. The summed E-state index contributed by atoms with van der Waals surface area (Å²) in [7, 11) is 1.62. The summed E-state index contributed by atoms with van der Waals surface area (Å²) < 4.78 is 5.06. The van der Waals surface area contributed by atoms with Crippen molar-refractivity contribution in [2.75, 3.05) is 12.4 Å². The van der Waals surface area contributed by atoms with E-state index in [4.69, 9.17) is 4.74 Å². The molecule has 0 bridgehead atoms. The van der Waals surface area contributed by atoms with Gasteiger partial charge in [-0.2, -0.15) is 0 Å². The van der Waals surface area contributed by atoms with E-state index >= 15 is 0 Å². The number of aromatic nitrogens is 3. The third-order valence-corrected chi connectivity index (χ3v) is 3.92. The SMILES string of the molecule is COc1ccc(Nc2nc(-c3nccs3)cs2)nc1. The molecule has 3 rings (SSSR count). The van der Waals surface area contributed by atoms with Crippen molar-refractivity contribution in [3.63, 3.8) is 0 Å². The lowest BCUT2D eigenvalue weighted by Gasteiger charge is -2.02. The van der Waals surface area contributed by atoms with Crippen molar-refractivity contribution in [1.29, 1.82) is 0 Å². The molecule has 96 valence electrons. The molecule has 0 aliphatic carbocycles. The fourth-order valence-electron chi connectivity index (χ4n) is 1.46. The second-order valence-corrected chi connectivity index (χ2v) is 5.34. The zero-order valence-electron chi connectivity index (χ0n) is 10.0. The molecule has 0 saturated heterocycles. The molecule has 3 aromatic rings. The molecule has 0 atom stereocenters. The maximum Gasteiger partial charge on any atom is 0.188 e. The van der Waals surface area contributed by atoms with Crippen LogP contribution in [-0.4, -0.2) is 22.1 Å². The Balaban J connectivity index is 1.76. The van der Waals surface area contributed by atoms with E-state index in [9.17, 15) is 0 Å². The Morgan fingerprint density at radius 3 is 2.84 bits per heavy atom. The summed E-state index contributed by atoms with van der Waals surface area (Å²) in [4.78, 5) is 12.9. The quantitative estimate of drug-likeness (QED) is 0.798. The zero-order valence-corrected chi connectivity index (χ0v) is 11.7. The third kappa shape index (κ3) is 2.72. The highest BCUT2D eigenvalue weighted by molar-refractivity contribution is 7.15. The van der Waals surface area contributed by atoms with E-state index < -0.39 is 0 Å². The Bertz CT molecular complexity index is 649. The van der Waals surface area contributed by atoms with Gasteiger partial charge in [-0.25, -0.2) is 15.0 Å². The molecule has 0 saturated carbocycles. The van der Waals surface area contributed by atoms with Gasteiger partial charge in [-0.1, -0.05) is 0 Å². The number of nitrogens with zero attached hydrogens (tertiary/aromatic N) is 3. The van der Waals surface area contributed by atoms with Crippen LogP contribution in [0.25, 0.3) is 10.7 Å². The standard InChI is InChI=1S/C12H10N4OS2/c1-17-8-2-3-10(14-6-8)16-12-15-9(7-19-12)11-13-4-5-18-11/h2-7H,1H3,(H,14,15,16). The topological polar surface area (TPSA) is 59.9 Å². The lowest BCUT2D eigenvalue weighted by Crippen LogP contribution is -1.93. The second kappa shape index (κ2) is 5.33. The minimum atomic E-state index is 0.730. The van der Waals surface area contributed by atoms with Crippen LogP contribution in [0, 0.1) is 0 Å². The summed E-state index contributed by atoms with van der Waals surface area (Å²) in [6, 6.07) is 3.70. The van der Waals surface area contributed by atoms with Crippen LogP contribution >= 0.6 is 22.7 Å². The highest BCUT2D eigenvalue weighted by Crippen LogP contribution is 2.27. The van der Waals surface area contributed by atoms with Gasteiger partial charge in [-0.15, -0.1) is 22.7 Å². The lowest BCUT2D eigenvalue weighted by molar-refractivity contribution is 0.413. The largest absolute Gasteiger partial charge is 0.495 e. The summed E-state index contributed by atoms with van der Waals surface area (Å²) >= 11 is 3.10. The summed E-state index contributed by atoms with van der Waals surface area (Å²) in [5, 5.41) is 8.79. The predicted octanol–water partition coefficient (Wildman–Crippen LogP) is 3.41. The predicted molar refractivity (Wildman–Crippen MR) is 77.3 cm³/mol. The van der Waals surface area contributed by atoms with Crippen molar-refractivity contribution in [3.05, 3.63) is 35.3 Å². The first-order chi connectivity index (χ1) is 9.35. The number of hydrogen-bond donors (Lipinski definition) is 1. The zero-order chi connectivity index (χ0) is 13.1. The Morgan fingerprint density at radius 2 is 2.16 bits per heavy atom. The van der Waals surface area contributed by atoms with Crippen LogP contribution in [0.4, 0.5) is 10.9 Å². The van der Waals surface area contributed by atoms with E-state index in [0.717, 1.165) is 27.4 Å². The Hall–Kier alpha value is -1.99. The number of methoxy groups -OCH3 is 1. The summed E-state index contributed by atoms with van der Waals surface area (Å²) in [5.41, 5.74) is 0.885. The number of anilines is 2. The van der Waals surface area contributed by atoms with Gasteiger partial charge in [0.1, 0.15) is 22.3 Å². The van der Waals surface area contributed by atoms with Gasteiger partial charge >= 0.3 is 0 Å². The van der Waals surface area contributed by atoms with Gasteiger partial charge in [0.2, 0.25) is 0 Å². The fourth-order valence-corrected chi connectivity index (χ4v) is 2.84. The maximum absolute atomic E-state index is 5.06. The van der Waals surface area contributed by atoms with Gasteiger partial charge in [0.15, 0.2) is 5.13 Å². The molecule has 5 nitrogen and oxygen atoms in total. The molecule has 1 N–H and O–H groups in total. The van der Waals surface area contributed by atoms with Crippen LogP contribution < -0.4 is 10.1 Å². The lowest BCUT2D eigenvalue weighted by atomic mass is 10.4. The number of rotatable bonds is 4. The molecule has 0 aliphatic rings. The van der Waals surface area contributed by atoms with Gasteiger partial charge in [0.25, 0.3) is 0 Å². The average molecular weight is 290 g/mol. The number of nitrogens with one attached hydrogen (secondary N) is 1. The van der Waals surface area contributed by atoms with Crippen molar-refractivity contribution >= 4 is 33.6 Å². The monoisotopic (exact) mass is 290 g/mol. The van der Waals surface area contributed by atoms with Gasteiger partial charge < -0.3 is 10.1 Å². The Morgan fingerprint density at radius 1 is 1.21 bits per heavy atom. The van der Waals surface area contributed by atoms with Crippen LogP contribution in [-0.2, 0) is 0 Å². The Labute approximate surface area is 118 Å². The summed E-state index contributed by atoms with van der Waals surface area (Å²) in [5.74, 6) is 1.47. The Kier molecular flexibility index (Phi) is 3.39. The van der Waals surface area contributed by atoms with Crippen LogP contribution in [0.15, 0.2) is 35.3 Å². The van der Waals surface area contributed by atoms with Gasteiger partial charge in [0, 0.05) is 17.0 Å². The molecule has 0 spiro atoms. The van der Waals surface area contributed by atoms with E-state index in [1.807, 2.05) is 22.9 Å². The smallest absolute Gasteiger partial charge is 0.188 e. The van der Waals surface area contributed by atoms with E-state index in [1.54, 1.807) is 30.8 Å². The van der Waals surface area contributed by atoms with Crippen LogP contribution in [0.3, 0.4) is 0 Å². The highest BCUT2D eigenvalue weighted by atomic mass is 32.1. The van der Waals surface area contributed by atoms with Crippen molar-refractivity contribution in [1.82, 2.24) is 15.0 Å². The molecule has 0 radical (unpaired) electrons. The maximum atomic E-state index is 5.06. The highest BCUT2D eigenvalue weighted by Gasteiger charge is 2.07. The van der Waals surface area contributed by atoms with E-state index in [0.29, 0.717) is 0 Å². The molecule has 3 aromatic heterocycles. The molecular weight excluding hydrogens is 280 g/mol. The number of thiazole rings is 2. The number of hydrogen-bond acceptors (Lipinski definition) is 7.